The molecule has 0 aliphatic carbocycles. The second kappa shape index (κ2) is 7.99. The van der Waals surface area contributed by atoms with Crippen molar-refractivity contribution >= 4 is 21.8 Å². The van der Waals surface area contributed by atoms with E-state index in [1.54, 1.807) is 0 Å². The summed E-state index contributed by atoms with van der Waals surface area (Å²) in [4.78, 5) is 0. The van der Waals surface area contributed by atoms with Crippen LogP contribution in [0.2, 0.25) is 0 Å². The van der Waals surface area contributed by atoms with Gasteiger partial charge in [-0.2, -0.15) is 10.2 Å². The molecule has 0 atom stereocenters. The Kier molecular flexibility index (Phi) is 5.36. The van der Waals surface area contributed by atoms with Crippen LogP contribution in [0.5, 0.6) is 0 Å². The Hall–Kier alpha value is -3.54. The van der Waals surface area contributed by atoms with E-state index in [2.05, 4.69) is 83.1 Å². The fraction of sp³-hybridized carbons (Fsp3) is 0.400. The molecule has 0 N–H and O–H groups in total. The molecular weight excluding hydrogens is 444 g/mol. The van der Waals surface area contributed by atoms with Crippen LogP contribution in [-0.2, 0) is 0 Å². The molecule has 0 aliphatic rings. The van der Waals surface area contributed by atoms with E-state index in [1.807, 2.05) is 9.36 Å². The fourth-order valence-electron chi connectivity index (χ4n) is 5.79. The zero-order valence-electron chi connectivity index (χ0n) is 23.7. The van der Waals surface area contributed by atoms with Crippen molar-refractivity contribution < 1.29 is 0 Å². The molecule has 186 valence electrons. The Balaban J connectivity index is 1.80. The Bertz CT molecular complexity index is 1620. The molecule has 3 heterocycles. The van der Waals surface area contributed by atoms with Gasteiger partial charge in [0.25, 0.3) is 0 Å². The smallest absolute Gasteiger partial charge is 0.179 e. The number of benzene rings is 2. The van der Waals surface area contributed by atoms with Gasteiger partial charge in [0.1, 0.15) is 0 Å². The molecule has 0 saturated carbocycles. The van der Waals surface area contributed by atoms with Crippen molar-refractivity contribution in [2.45, 2.75) is 83.1 Å². The lowest BCUT2D eigenvalue weighted by Crippen LogP contribution is -2.12. The van der Waals surface area contributed by atoms with Crippen molar-refractivity contribution in [2.75, 3.05) is 0 Å². The van der Waals surface area contributed by atoms with E-state index in [0.717, 1.165) is 45.2 Å². The van der Waals surface area contributed by atoms with Crippen molar-refractivity contribution in [3.05, 3.63) is 67.0 Å². The number of hydrogen-bond acceptors (Lipinski definition) is 4. The maximum absolute atomic E-state index is 4.96. The highest BCUT2D eigenvalue weighted by Crippen LogP contribution is 2.35. The van der Waals surface area contributed by atoms with Crippen LogP contribution in [0, 0.1) is 83.1 Å². The second-order valence-corrected chi connectivity index (χ2v) is 10.5. The first-order valence-corrected chi connectivity index (χ1v) is 12.6. The number of fused-ring (bicyclic) bond motifs is 2. The van der Waals surface area contributed by atoms with E-state index in [-0.39, 0.29) is 0 Å². The van der Waals surface area contributed by atoms with E-state index in [1.165, 1.54) is 55.3 Å². The summed E-state index contributed by atoms with van der Waals surface area (Å²) in [6.07, 6.45) is 0. The van der Waals surface area contributed by atoms with E-state index >= 15 is 0 Å². The summed E-state index contributed by atoms with van der Waals surface area (Å²) < 4.78 is 3.99. The van der Waals surface area contributed by atoms with Crippen molar-refractivity contribution in [3.63, 3.8) is 0 Å². The number of rotatable bonds is 2. The molecule has 0 spiro atoms. The van der Waals surface area contributed by atoms with E-state index in [0.29, 0.717) is 0 Å². The monoisotopic (exact) mass is 480 g/mol. The van der Waals surface area contributed by atoms with E-state index < -0.39 is 0 Å². The summed E-state index contributed by atoms with van der Waals surface area (Å²) in [6, 6.07) is 0. The molecule has 2 aromatic carbocycles. The number of nitrogens with zero attached hydrogens (tertiary/aromatic N) is 6. The Morgan fingerprint density at radius 2 is 0.667 bits per heavy atom. The average Bonchev–Trinajstić information content (AvgIpc) is 3.37. The van der Waals surface area contributed by atoms with Gasteiger partial charge in [-0.25, -0.2) is 9.36 Å². The summed E-state index contributed by atoms with van der Waals surface area (Å²) in [5.41, 5.74) is 16.7. The first-order chi connectivity index (χ1) is 16.9. The van der Waals surface area contributed by atoms with Gasteiger partial charge in [0.2, 0.25) is 0 Å². The summed E-state index contributed by atoms with van der Waals surface area (Å²) in [5.74, 6) is 1.54. The minimum absolute atomic E-state index is 0.771. The molecular formula is C30H36N6. The van der Waals surface area contributed by atoms with Crippen LogP contribution >= 0.6 is 0 Å². The van der Waals surface area contributed by atoms with Gasteiger partial charge in [0.05, 0.1) is 22.4 Å². The summed E-state index contributed by atoms with van der Waals surface area (Å²) in [6.45, 7) is 25.9. The normalized spacial score (nSPS) is 11.9. The minimum atomic E-state index is 0.771. The largest absolute Gasteiger partial charge is 0.212 e. The molecule has 5 aromatic rings. The summed E-state index contributed by atoms with van der Waals surface area (Å²) in [5, 5.41) is 21.9. The zero-order valence-corrected chi connectivity index (χ0v) is 23.7. The van der Waals surface area contributed by atoms with Gasteiger partial charge >= 0.3 is 0 Å². The van der Waals surface area contributed by atoms with Crippen LogP contribution in [0.1, 0.15) is 67.0 Å². The highest BCUT2D eigenvalue weighted by atomic mass is 15.4. The maximum Gasteiger partial charge on any atom is 0.179 e. The molecule has 5 rings (SSSR count). The lowest BCUT2D eigenvalue weighted by atomic mass is 9.94. The topological polar surface area (TPSA) is 61.4 Å². The highest BCUT2D eigenvalue weighted by Gasteiger charge is 2.24. The van der Waals surface area contributed by atoms with E-state index in [4.69, 9.17) is 20.4 Å². The summed E-state index contributed by atoms with van der Waals surface area (Å²) in [7, 11) is 0. The predicted molar refractivity (Wildman–Crippen MR) is 148 cm³/mol. The van der Waals surface area contributed by atoms with Crippen molar-refractivity contribution in [1.82, 2.24) is 29.8 Å². The van der Waals surface area contributed by atoms with Crippen LogP contribution < -0.4 is 0 Å². The lowest BCUT2D eigenvalue weighted by Gasteiger charge is -2.16. The second-order valence-electron chi connectivity index (χ2n) is 10.5. The van der Waals surface area contributed by atoms with Crippen molar-refractivity contribution in [3.8, 4) is 11.6 Å². The molecule has 0 radical (unpaired) electrons. The number of aromatic nitrogens is 6. The Labute approximate surface area is 213 Å². The third-order valence-corrected chi connectivity index (χ3v) is 8.83. The minimum Gasteiger partial charge on any atom is -0.212 e. The van der Waals surface area contributed by atoms with Gasteiger partial charge < -0.3 is 0 Å². The fourth-order valence-corrected chi connectivity index (χ4v) is 5.79. The molecule has 0 aliphatic heterocycles. The molecule has 0 amide bonds. The average molecular weight is 481 g/mol. The molecule has 6 heteroatoms. The van der Waals surface area contributed by atoms with Crippen LogP contribution in [0.15, 0.2) is 0 Å². The van der Waals surface area contributed by atoms with Gasteiger partial charge in [0, 0.05) is 21.9 Å². The van der Waals surface area contributed by atoms with Gasteiger partial charge in [-0.1, -0.05) is 0 Å². The standard InChI is InChI=1S/C30H36N6/c1-13-15(3)19(7)27-25(17(13)5)23(11)33-35(27)29-21(9)22(10)30(32-31-29)36-28-20(8)16(4)14(2)18(6)26(28)24(12)34-36/h1-12H3. The molecule has 0 unspecified atom stereocenters. The van der Waals surface area contributed by atoms with Crippen LogP contribution in [0.3, 0.4) is 0 Å². The van der Waals surface area contributed by atoms with Gasteiger partial charge in [-0.15, -0.1) is 10.2 Å². The Morgan fingerprint density at radius 3 is 1.00 bits per heavy atom. The number of aryl methyl sites for hydroxylation is 6. The predicted octanol–water partition coefficient (Wildman–Crippen LogP) is 6.86. The maximum atomic E-state index is 4.96. The number of hydrogen-bond donors (Lipinski definition) is 0. The van der Waals surface area contributed by atoms with E-state index in [9.17, 15) is 0 Å². The van der Waals surface area contributed by atoms with Crippen LogP contribution in [0.25, 0.3) is 33.4 Å². The SMILES string of the molecule is Cc1c(-n2nc(C)c3c(C)c(C)c(C)c(C)c32)nnc(-n2nc(C)c3c(C)c(C)c(C)c(C)c32)c1C. The first kappa shape index (κ1) is 24.2. The third kappa shape index (κ3) is 3.03. The molecule has 6 nitrogen and oxygen atoms in total. The van der Waals surface area contributed by atoms with Crippen molar-refractivity contribution in [1.29, 1.82) is 0 Å². The van der Waals surface area contributed by atoms with Gasteiger partial charge in [-0.05, 0) is 128 Å². The van der Waals surface area contributed by atoms with Crippen LogP contribution in [-0.4, -0.2) is 29.8 Å². The van der Waals surface area contributed by atoms with Gasteiger partial charge in [0.15, 0.2) is 11.6 Å². The van der Waals surface area contributed by atoms with Crippen molar-refractivity contribution in [2.24, 2.45) is 0 Å². The molecule has 0 bridgehead atoms. The lowest BCUT2D eigenvalue weighted by molar-refractivity contribution is 0.766. The molecule has 3 aromatic heterocycles. The Morgan fingerprint density at radius 1 is 0.361 bits per heavy atom. The summed E-state index contributed by atoms with van der Waals surface area (Å²) >= 11 is 0. The molecule has 0 saturated heterocycles. The zero-order chi connectivity index (χ0) is 26.4. The molecule has 36 heavy (non-hydrogen) atoms. The highest BCUT2D eigenvalue weighted by molar-refractivity contribution is 5.92. The quantitative estimate of drug-likeness (QED) is 0.277. The third-order valence-electron chi connectivity index (χ3n) is 8.83. The van der Waals surface area contributed by atoms with Gasteiger partial charge in [-0.3, -0.25) is 0 Å². The van der Waals surface area contributed by atoms with Crippen LogP contribution in [0.4, 0.5) is 0 Å². The molecule has 0 fully saturated rings. The first-order valence-electron chi connectivity index (χ1n) is 12.6.